The van der Waals surface area contributed by atoms with Gasteiger partial charge < -0.3 is 4.74 Å². The molecule has 0 spiro atoms. The fourth-order valence-electron chi connectivity index (χ4n) is 1.57. The molecule has 0 bridgehead atoms. The number of sulfonamides is 1. The van der Waals surface area contributed by atoms with Gasteiger partial charge >= 0.3 is 0 Å². The average molecular weight is 282 g/mol. The Morgan fingerprint density at radius 2 is 2.31 bits per heavy atom. The van der Waals surface area contributed by atoms with Gasteiger partial charge in [0.05, 0.1) is 17.0 Å². The fraction of sp³-hybridized carbons (Fsp3) is 0.556. The van der Waals surface area contributed by atoms with Crippen LogP contribution >= 0.6 is 22.9 Å². The third kappa shape index (κ3) is 2.41. The molecule has 2 rings (SSSR count). The van der Waals surface area contributed by atoms with Crippen molar-refractivity contribution in [3.63, 3.8) is 0 Å². The monoisotopic (exact) mass is 281 g/mol. The Morgan fingerprint density at radius 3 is 2.88 bits per heavy atom. The lowest BCUT2D eigenvalue weighted by molar-refractivity contribution is 0.0102. The van der Waals surface area contributed by atoms with Crippen molar-refractivity contribution >= 4 is 33.0 Å². The number of morpholine rings is 1. The van der Waals surface area contributed by atoms with Crippen molar-refractivity contribution in [3.05, 3.63) is 16.5 Å². The molecule has 1 aromatic rings. The summed E-state index contributed by atoms with van der Waals surface area (Å²) >= 11 is 6.83. The van der Waals surface area contributed by atoms with Gasteiger partial charge in [0.2, 0.25) is 0 Å². The number of halogens is 1. The maximum atomic E-state index is 12.2. The molecular weight excluding hydrogens is 270 g/mol. The molecule has 0 aromatic carbocycles. The summed E-state index contributed by atoms with van der Waals surface area (Å²) in [6, 6.07) is 3.14. The van der Waals surface area contributed by atoms with Gasteiger partial charge in [-0.1, -0.05) is 11.6 Å². The van der Waals surface area contributed by atoms with E-state index in [-0.39, 0.29) is 6.10 Å². The lowest BCUT2D eigenvalue weighted by atomic mass is 10.3. The van der Waals surface area contributed by atoms with Crippen molar-refractivity contribution in [1.82, 2.24) is 4.31 Å². The van der Waals surface area contributed by atoms with E-state index in [1.807, 2.05) is 6.92 Å². The van der Waals surface area contributed by atoms with E-state index >= 15 is 0 Å². The topological polar surface area (TPSA) is 46.6 Å². The fourth-order valence-corrected chi connectivity index (χ4v) is 4.70. The lowest BCUT2D eigenvalue weighted by Crippen LogP contribution is -2.44. The number of nitrogens with zero attached hydrogens (tertiary/aromatic N) is 1. The van der Waals surface area contributed by atoms with Crippen LogP contribution in [0.1, 0.15) is 6.92 Å². The summed E-state index contributed by atoms with van der Waals surface area (Å²) in [5.74, 6) is 0. The third-order valence-corrected chi connectivity index (χ3v) is 5.91. The average Bonchev–Trinajstić information content (AvgIpc) is 2.65. The summed E-state index contributed by atoms with van der Waals surface area (Å²) in [4.78, 5) is 0. The molecule has 90 valence electrons. The van der Waals surface area contributed by atoms with E-state index in [0.29, 0.717) is 28.2 Å². The van der Waals surface area contributed by atoms with Crippen LogP contribution < -0.4 is 0 Å². The number of ether oxygens (including phenoxy) is 1. The van der Waals surface area contributed by atoms with Gasteiger partial charge in [0.1, 0.15) is 4.21 Å². The summed E-state index contributed by atoms with van der Waals surface area (Å²) in [5.41, 5.74) is 0. The molecule has 4 nitrogen and oxygen atoms in total. The van der Waals surface area contributed by atoms with Crippen LogP contribution in [0.5, 0.6) is 0 Å². The van der Waals surface area contributed by atoms with E-state index in [9.17, 15) is 8.42 Å². The van der Waals surface area contributed by atoms with Gasteiger partial charge in [0.15, 0.2) is 0 Å². The summed E-state index contributed by atoms with van der Waals surface area (Å²) in [5, 5.41) is 0. The zero-order chi connectivity index (χ0) is 11.8. The van der Waals surface area contributed by atoms with Crippen LogP contribution in [0.3, 0.4) is 0 Å². The van der Waals surface area contributed by atoms with Crippen molar-refractivity contribution in [2.75, 3.05) is 19.7 Å². The maximum absolute atomic E-state index is 12.2. The van der Waals surface area contributed by atoms with E-state index in [1.54, 1.807) is 12.1 Å². The van der Waals surface area contributed by atoms with Crippen molar-refractivity contribution in [2.45, 2.75) is 17.2 Å². The second-order valence-electron chi connectivity index (χ2n) is 3.60. The smallest absolute Gasteiger partial charge is 0.252 e. The highest BCUT2D eigenvalue weighted by atomic mass is 35.5. The second kappa shape index (κ2) is 4.62. The first kappa shape index (κ1) is 12.3. The van der Waals surface area contributed by atoms with Crippen LogP contribution in [0.4, 0.5) is 0 Å². The summed E-state index contributed by atoms with van der Waals surface area (Å²) in [6.07, 6.45) is -0.0565. The molecule has 0 aliphatic carbocycles. The van der Waals surface area contributed by atoms with Crippen molar-refractivity contribution < 1.29 is 13.2 Å². The van der Waals surface area contributed by atoms with Crippen molar-refractivity contribution in [2.24, 2.45) is 0 Å². The molecule has 0 unspecified atom stereocenters. The summed E-state index contributed by atoms with van der Waals surface area (Å²) < 4.78 is 31.9. The van der Waals surface area contributed by atoms with Crippen molar-refractivity contribution in [3.8, 4) is 0 Å². The minimum Gasteiger partial charge on any atom is -0.376 e. The molecule has 1 fully saturated rings. The van der Waals surface area contributed by atoms with Crippen LogP contribution in [0.15, 0.2) is 16.3 Å². The minimum atomic E-state index is -3.39. The van der Waals surface area contributed by atoms with E-state index < -0.39 is 10.0 Å². The predicted octanol–water partition coefficient (Wildman–Crippen LogP) is 1.81. The SMILES string of the molecule is C[C@@H]1CN(S(=O)(=O)c2ccc(Cl)s2)CCO1. The van der Waals surface area contributed by atoms with Crippen LogP contribution in [-0.2, 0) is 14.8 Å². The first-order valence-electron chi connectivity index (χ1n) is 4.87. The van der Waals surface area contributed by atoms with Crippen LogP contribution in [0, 0.1) is 0 Å². The van der Waals surface area contributed by atoms with E-state index in [4.69, 9.17) is 16.3 Å². The number of hydrogen-bond acceptors (Lipinski definition) is 4. The normalized spacial score (nSPS) is 23.5. The van der Waals surface area contributed by atoms with Gasteiger partial charge in [0.25, 0.3) is 10.0 Å². The highest BCUT2D eigenvalue weighted by Gasteiger charge is 2.30. The number of thiophene rings is 1. The molecule has 0 radical (unpaired) electrons. The molecule has 7 heteroatoms. The standard InChI is InChI=1S/C9H12ClNO3S2/c1-7-6-11(4-5-14-7)16(12,13)9-3-2-8(10)15-9/h2-3,7H,4-6H2,1H3/t7-/m1/s1. The Balaban J connectivity index is 2.25. The number of hydrogen-bond donors (Lipinski definition) is 0. The van der Waals surface area contributed by atoms with Crippen LogP contribution in [0.25, 0.3) is 0 Å². The highest BCUT2D eigenvalue weighted by Crippen LogP contribution is 2.28. The largest absolute Gasteiger partial charge is 0.376 e. The molecule has 0 amide bonds. The van der Waals surface area contributed by atoms with Gasteiger partial charge in [-0.2, -0.15) is 4.31 Å². The van der Waals surface area contributed by atoms with Crippen LogP contribution in [-0.4, -0.2) is 38.5 Å². The van der Waals surface area contributed by atoms with E-state index in [0.717, 1.165) is 11.3 Å². The first-order chi connectivity index (χ1) is 7.50. The van der Waals surface area contributed by atoms with Crippen molar-refractivity contribution in [1.29, 1.82) is 0 Å². The molecule has 1 saturated heterocycles. The Labute approximate surface area is 104 Å². The third-order valence-electron chi connectivity index (χ3n) is 2.35. The van der Waals surface area contributed by atoms with E-state index in [2.05, 4.69) is 0 Å². The Bertz CT molecular complexity index is 471. The quantitative estimate of drug-likeness (QED) is 0.831. The lowest BCUT2D eigenvalue weighted by Gasteiger charge is -2.29. The zero-order valence-electron chi connectivity index (χ0n) is 8.72. The van der Waals surface area contributed by atoms with Gasteiger partial charge in [-0.05, 0) is 19.1 Å². The Hall–Kier alpha value is -0.140. The highest BCUT2D eigenvalue weighted by molar-refractivity contribution is 7.91. The zero-order valence-corrected chi connectivity index (χ0v) is 11.1. The molecule has 1 aromatic heterocycles. The second-order valence-corrected chi connectivity index (χ2v) is 7.48. The first-order valence-corrected chi connectivity index (χ1v) is 7.50. The molecule has 1 atom stereocenters. The van der Waals surface area contributed by atoms with Crippen LogP contribution in [0.2, 0.25) is 4.34 Å². The Morgan fingerprint density at radius 1 is 1.56 bits per heavy atom. The minimum absolute atomic E-state index is 0.0565. The van der Waals surface area contributed by atoms with Gasteiger partial charge in [-0.3, -0.25) is 0 Å². The predicted molar refractivity (Wildman–Crippen MR) is 63.5 cm³/mol. The Kier molecular flexibility index (Phi) is 3.56. The summed E-state index contributed by atoms with van der Waals surface area (Å²) in [6.45, 7) is 3.11. The summed E-state index contributed by atoms with van der Waals surface area (Å²) in [7, 11) is -3.39. The molecular formula is C9H12ClNO3S2. The molecule has 16 heavy (non-hydrogen) atoms. The van der Waals surface area contributed by atoms with E-state index in [1.165, 1.54) is 4.31 Å². The molecule has 0 saturated carbocycles. The van der Waals surface area contributed by atoms with Gasteiger partial charge in [0, 0.05) is 13.1 Å². The molecule has 2 heterocycles. The van der Waals surface area contributed by atoms with Gasteiger partial charge in [-0.15, -0.1) is 11.3 Å². The molecule has 1 aliphatic rings. The molecule has 1 aliphatic heterocycles. The maximum Gasteiger partial charge on any atom is 0.252 e. The number of rotatable bonds is 2. The molecule has 0 N–H and O–H groups in total. The van der Waals surface area contributed by atoms with Gasteiger partial charge in [-0.25, -0.2) is 8.42 Å².